The smallest absolute Gasteiger partial charge is 0.179 e. The van der Waals surface area contributed by atoms with Crippen molar-refractivity contribution in [3.05, 3.63) is 76.1 Å². The Morgan fingerprint density at radius 3 is 2.54 bits per heavy atom. The van der Waals surface area contributed by atoms with Gasteiger partial charge in [-0.2, -0.15) is 5.26 Å². The van der Waals surface area contributed by atoms with Crippen LogP contribution < -0.4 is 5.32 Å². The van der Waals surface area contributed by atoms with E-state index in [2.05, 4.69) is 16.5 Å². The fourth-order valence-electron chi connectivity index (χ4n) is 2.12. The van der Waals surface area contributed by atoms with Gasteiger partial charge in [-0.15, -0.1) is 0 Å². The quantitative estimate of drug-likeness (QED) is 0.661. The van der Waals surface area contributed by atoms with Crippen LogP contribution in [0.4, 0.5) is 5.69 Å². The van der Waals surface area contributed by atoms with Gasteiger partial charge in [0.2, 0.25) is 0 Å². The minimum absolute atomic E-state index is 0.331. The van der Waals surface area contributed by atoms with Gasteiger partial charge in [-0.25, -0.2) is 0 Å². The molecule has 24 heavy (non-hydrogen) atoms. The van der Waals surface area contributed by atoms with Crippen LogP contribution in [-0.2, 0) is 0 Å². The molecule has 0 aliphatic rings. The maximum Gasteiger partial charge on any atom is 0.179 e. The van der Waals surface area contributed by atoms with Crippen LogP contribution in [0.15, 0.2) is 59.3 Å². The van der Waals surface area contributed by atoms with E-state index < -0.39 is 0 Å². The molecule has 3 aromatic rings. The van der Waals surface area contributed by atoms with Gasteiger partial charge in [-0.1, -0.05) is 46.6 Å². The van der Waals surface area contributed by atoms with E-state index >= 15 is 0 Å². The number of benzene rings is 2. The first kappa shape index (κ1) is 16.1. The molecule has 4 nitrogen and oxygen atoms in total. The van der Waals surface area contributed by atoms with Crippen molar-refractivity contribution >= 4 is 35.0 Å². The van der Waals surface area contributed by atoms with Crippen molar-refractivity contribution in [1.29, 1.82) is 5.26 Å². The lowest BCUT2D eigenvalue weighted by Gasteiger charge is -2.00. The van der Waals surface area contributed by atoms with E-state index in [0.717, 1.165) is 5.69 Å². The minimum atomic E-state index is 0.331. The molecule has 0 atom stereocenters. The fourth-order valence-corrected chi connectivity index (χ4v) is 2.47. The topological polar surface area (TPSA) is 61.9 Å². The zero-order valence-electron chi connectivity index (χ0n) is 12.3. The molecular weight excluding hydrogens is 345 g/mol. The summed E-state index contributed by atoms with van der Waals surface area (Å²) in [7, 11) is 0. The van der Waals surface area contributed by atoms with E-state index in [-0.39, 0.29) is 0 Å². The fraction of sp³-hybridized carbons (Fsp3) is 0. The first-order valence-electron chi connectivity index (χ1n) is 7.02. The number of hydrogen-bond donors (Lipinski definition) is 1. The van der Waals surface area contributed by atoms with Crippen molar-refractivity contribution in [3.8, 4) is 17.3 Å². The highest BCUT2D eigenvalue weighted by molar-refractivity contribution is 6.33. The molecule has 0 amide bonds. The van der Waals surface area contributed by atoms with E-state index in [9.17, 15) is 5.26 Å². The molecule has 1 aromatic heterocycles. The Kier molecular flexibility index (Phi) is 4.85. The molecule has 0 saturated heterocycles. The van der Waals surface area contributed by atoms with E-state index in [0.29, 0.717) is 32.6 Å². The van der Waals surface area contributed by atoms with Gasteiger partial charge in [0.1, 0.15) is 17.3 Å². The van der Waals surface area contributed by atoms with E-state index in [4.69, 9.17) is 27.7 Å². The highest BCUT2D eigenvalue weighted by atomic mass is 35.5. The van der Waals surface area contributed by atoms with Crippen LogP contribution in [-0.4, -0.2) is 5.16 Å². The molecule has 2 aromatic carbocycles. The molecule has 0 bridgehead atoms. The zero-order chi connectivity index (χ0) is 16.9. The molecule has 0 saturated carbocycles. The van der Waals surface area contributed by atoms with Crippen molar-refractivity contribution in [2.75, 3.05) is 5.32 Å². The normalized spacial score (nSPS) is 10.7. The van der Waals surface area contributed by atoms with Crippen LogP contribution in [0, 0.1) is 11.3 Å². The Morgan fingerprint density at radius 2 is 1.83 bits per heavy atom. The summed E-state index contributed by atoms with van der Waals surface area (Å²) in [5.74, 6) is 0.355. The maximum absolute atomic E-state index is 9.43. The van der Waals surface area contributed by atoms with Crippen molar-refractivity contribution < 1.29 is 4.52 Å². The van der Waals surface area contributed by atoms with Crippen molar-refractivity contribution in [2.24, 2.45) is 0 Å². The van der Waals surface area contributed by atoms with Gasteiger partial charge in [0.05, 0.1) is 5.02 Å². The lowest BCUT2D eigenvalue weighted by atomic mass is 10.1. The van der Waals surface area contributed by atoms with Crippen LogP contribution in [0.25, 0.3) is 17.3 Å². The first-order chi connectivity index (χ1) is 11.7. The summed E-state index contributed by atoms with van der Waals surface area (Å²) in [6.45, 7) is 0. The highest BCUT2D eigenvalue weighted by Gasteiger charge is 2.17. The molecule has 0 aliphatic carbocycles. The lowest BCUT2D eigenvalue weighted by Crippen LogP contribution is -1.87. The van der Waals surface area contributed by atoms with Crippen LogP contribution in [0.5, 0.6) is 0 Å². The van der Waals surface area contributed by atoms with Crippen molar-refractivity contribution in [3.63, 3.8) is 0 Å². The maximum atomic E-state index is 9.43. The minimum Gasteiger partial charge on any atom is -0.362 e. The third-order valence-electron chi connectivity index (χ3n) is 3.29. The van der Waals surface area contributed by atoms with Crippen LogP contribution in [0.2, 0.25) is 10.0 Å². The Labute approximate surface area is 148 Å². The summed E-state index contributed by atoms with van der Waals surface area (Å²) in [5, 5.41) is 17.6. The Balaban J connectivity index is 1.85. The second kappa shape index (κ2) is 7.22. The Bertz CT molecular complexity index is 924. The van der Waals surface area contributed by atoms with Gasteiger partial charge in [-0.05, 0) is 30.3 Å². The van der Waals surface area contributed by atoms with Crippen LogP contribution in [0.1, 0.15) is 11.3 Å². The lowest BCUT2D eigenvalue weighted by molar-refractivity contribution is 0.415. The van der Waals surface area contributed by atoms with Gasteiger partial charge < -0.3 is 9.84 Å². The summed E-state index contributed by atoms with van der Waals surface area (Å²) < 4.78 is 5.27. The van der Waals surface area contributed by atoms with Crippen molar-refractivity contribution in [1.82, 2.24) is 5.16 Å². The number of halogens is 2. The molecule has 0 radical (unpaired) electrons. The predicted molar refractivity (Wildman–Crippen MR) is 95.8 cm³/mol. The number of anilines is 1. The second-order valence-corrected chi connectivity index (χ2v) is 5.69. The summed E-state index contributed by atoms with van der Waals surface area (Å²) in [6.07, 6.45) is 3.31. The Morgan fingerprint density at radius 1 is 1.08 bits per heavy atom. The number of hydrogen-bond acceptors (Lipinski definition) is 4. The molecule has 0 spiro atoms. The zero-order valence-corrected chi connectivity index (χ0v) is 13.8. The van der Waals surface area contributed by atoms with Crippen molar-refractivity contribution in [2.45, 2.75) is 0 Å². The number of nitrogens with zero attached hydrogens (tertiary/aromatic N) is 2. The van der Waals surface area contributed by atoms with Crippen LogP contribution in [0.3, 0.4) is 0 Å². The van der Waals surface area contributed by atoms with Gasteiger partial charge in [-0.3, -0.25) is 0 Å². The summed E-state index contributed by atoms with van der Waals surface area (Å²) in [5.41, 5.74) is 2.27. The summed E-state index contributed by atoms with van der Waals surface area (Å²) in [4.78, 5) is 0. The van der Waals surface area contributed by atoms with Gasteiger partial charge >= 0.3 is 0 Å². The summed E-state index contributed by atoms with van der Waals surface area (Å²) in [6, 6.07) is 16.5. The van der Waals surface area contributed by atoms with Crippen LogP contribution >= 0.6 is 23.2 Å². The van der Waals surface area contributed by atoms with E-state index in [1.807, 2.05) is 24.3 Å². The average Bonchev–Trinajstić information content (AvgIpc) is 3.00. The molecule has 0 unspecified atom stereocenters. The molecule has 0 aliphatic heterocycles. The molecular formula is C18H11Cl2N3O. The van der Waals surface area contributed by atoms with E-state index in [1.165, 1.54) is 0 Å². The Hall–Kier alpha value is -2.74. The molecule has 1 N–H and O–H groups in total. The monoisotopic (exact) mass is 355 g/mol. The molecule has 0 fully saturated rings. The van der Waals surface area contributed by atoms with Gasteiger partial charge in [0, 0.05) is 28.5 Å². The second-order valence-electron chi connectivity index (χ2n) is 4.85. The predicted octanol–water partition coefficient (Wildman–Crippen LogP) is 5.60. The number of nitriles is 1. The first-order valence-corrected chi connectivity index (χ1v) is 7.78. The third-order valence-corrected chi connectivity index (χ3v) is 3.87. The largest absolute Gasteiger partial charge is 0.362 e. The molecule has 6 heteroatoms. The summed E-state index contributed by atoms with van der Waals surface area (Å²) >= 11 is 12.0. The standard InChI is InChI=1S/C18H11Cl2N3O/c19-12-5-7-13(8-6-12)22-10-9-17-15(11-21)18(23-24-17)14-3-1-2-4-16(14)20/h1-10,22H/b10-9+. The van der Waals surface area contributed by atoms with Gasteiger partial charge in [0.15, 0.2) is 5.76 Å². The SMILES string of the molecule is N#Cc1c(-c2ccccc2Cl)noc1/C=C/Nc1ccc(Cl)cc1. The molecule has 3 rings (SSSR count). The van der Waals surface area contributed by atoms with E-state index in [1.54, 1.807) is 36.5 Å². The third kappa shape index (κ3) is 3.43. The molecule has 118 valence electrons. The number of nitrogens with one attached hydrogen (secondary N) is 1. The molecule has 1 heterocycles. The van der Waals surface area contributed by atoms with Gasteiger partial charge in [0.25, 0.3) is 0 Å². The number of rotatable bonds is 4. The number of aromatic nitrogens is 1. The average molecular weight is 356 g/mol. The highest BCUT2D eigenvalue weighted by Crippen LogP contribution is 2.31.